The van der Waals surface area contributed by atoms with Crippen LogP contribution in [0.4, 0.5) is 4.79 Å². The number of urea groups is 1. The van der Waals surface area contributed by atoms with Crippen molar-refractivity contribution >= 4 is 17.4 Å². The van der Waals surface area contributed by atoms with Gasteiger partial charge in [0.25, 0.3) is 0 Å². The number of likely N-dealkylation sites (tertiary alicyclic amines) is 1. The van der Waals surface area contributed by atoms with Crippen LogP contribution in [0.15, 0.2) is 5.38 Å². The van der Waals surface area contributed by atoms with E-state index in [1.54, 1.807) is 18.3 Å². The van der Waals surface area contributed by atoms with Crippen molar-refractivity contribution in [3.05, 3.63) is 16.1 Å². The molecule has 1 aromatic rings. The third kappa shape index (κ3) is 5.55. The van der Waals surface area contributed by atoms with E-state index in [1.165, 1.54) is 0 Å². The summed E-state index contributed by atoms with van der Waals surface area (Å²) in [5.41, 5.74) is 1.16. The third-order valence-electron chi connectivity index (χ3n) is 3.96. The zero-order chi connectivity index (χ0) is 15.9. The first-order chi connectivity index (χ1) is 10.6. The zero-order valence-electron chi connectivity index (χ0n) is 13.3. The van der Waals surface area contributed by atoms with Crippen LogP contribution in [-0.4, -0.2) is 53.3 Å². The SMILES string of the molecule is Cc1nc(CN2CCC(CNC(=O)N[C@@H](C)CO)CC2)cs1. The van der Waals surface area contributed by atoms with Crippen LogP contribution in [-0.2, 0) is 6.54 Å². The van der Waals surface area contributed by atoms with Crippen LogP contribution >= 0.6 is 11.3 Å². The van der Waals surface area contributed by atoms with Crippen LogP contribution in [0.25, 0.3) is 0 Å². The number of aryl methyl sites for hydroxylation is 1. The molecule has 22 heavy (non-hydrogen) atoms. The molecule has 0 unspecified atom stereocenters. The Morgan fingerprint density at radius 2 is 2.27 bits per heavy atom. The topological polar surface area (TPSA) is 77.5 Å². The first-order valence-electron chi connectivity index (χ1n) is 7.85. The first kappa shape index (κ1) is 17.2. The van der Waals surface area contributed by atoms with Crippen LogP contribution in [0.1, 0.15) is 30.5 Å². The van der Waals surface area contributed by atoms with Crippen molar-refractivity contribution in [3.63, 3.8) is 0 Å². The fourth-order valence-electron chi connectivity index (χ4n) is 2.62. The van der Waals surface area contributed by atoms with Gasteiger partial charge < -0.3 is 15.7 Å². The smallest absolute Gasteiger partial charge is 0.315 e. The maximum absolute atomic E-state index is 11.6. The first-order valence-corrected chi connectivity index (χ1v) is 8.73. The summed E-state index contributed by atoms with van der Waals surface area (Å²) in [5, 5.41) is 17.7. The van der Waals surface area contributed by atoms with Crippen molar-refractivity contribution in [2.45, 2.75) is 39.3 Å². The van der Waals surface area contributed by atoms with Gasteiger partial charge in [0.15, 0.2) is 0 Å². The Bertz CT molecular complexity index is 472. The number of carbonyl (C=O) groups excluding carboxylic acids is 1. The molecule has 1 aliphatic heterocycles. The highest BCUT2D eigenvalue weighted by Gasteiger charge is 2.20. The zero-order valence-corrected chi connectivity index (χ0v) is 14.2. The van der Waals surface area contributed by atoms with E-state index < -0.39 is 0 Å². The van der Waals surface area contributed by atoms with Crippen molar-refractivity contribution in [1.82, 2.24) is 20.5 Å². The minimum Gasteiger partial charge on any atom is -0.394 e. The molecular weight excluding hydrogens is 300 g/mol. The standard InChI is InChI=1S/C15H26N4O2S/c1-11(9-20)17-15(21)16-7-13-3-5-19(6-4-13)8-14-10-22-12(2)18-14/h10-11,13,20H,3-9H2,1-2H3,(H2,16,17,21)/t11-/m0/s1. The molecule has 3 N–H and O–H groups in total. The molecular formula is C15H26N4O2S. The van der Waals surface area contributed by atoms with Gasteiger partial charge in [0, 0.05) is 18.5 Å². The van der Waals surface area contributed by atoms with Crippen LogP contribution in [0.2, 0.25) is 0 Å². The van der Waals surface area contributed by atoms with Gasteiger partial charge in [-0.3, -0.25) is 4.90 Å². The molecule has 2 rings (SSSR count). The molecule has 0 bridgehead atoms. The maximum Gasteiger partial charge on any atom is 0.315 e. The molecule has 6 nitrogen and oxygen atoms in total. The van der Waals surface area contributed by atoms with E-state index in [9.17, 15) is 4.79 Å². The molecule has 2 heterocycles. The van der Waals surface area contributed by atoms with Crippen LogP contribution < -0.4 is 10.6 Å². The van der Waals surface area contributed by atoms with Gasteiger partial charge in [-0.05, 0) is 45.7 Å². The number of nitrogens with one attached hydrogen (secondary N) is 2. The molecule has 0 spiro atoms. The lowest BCUT2D eigenvalue weighted by Crippen LogP contribution is -2.45. The molecule has 7 heteroatoms. The quantitative estimate of drug-likeness (QED) is 0.737. The number of aliphatic hydroxyl groups is 1. The number of aliphatic hydroxyl groups excluding tert-OH is 1. The van der Waals surface area contributed by atoms with E-state index in [0.717, 1.165) is 43.2 Å². The highest BCUT2D eigenvalue weighted by atomic mass is 32.1. The Morgan fingerprint density at radius 1 is 1.55 bits per heavy atom. The lowest BCUT2D eigenvalue weighted by Gasteiger charge is -2.31. The number of rotatable bonds is 6. The summed E-state index contributed by atoms with van der Waals surface area (Å²) in [6.07, 6.45) is 2.19. The number of hydrogen-bond donors (Lipinski definition) is 3. The van der Waals surface area contributed by atoms with Crippen LogP contribution in [0.3, 0.4) is 0 Å². The highest BCUT2D eigenvalue weighted by Crippen LogP contribution is 2.19. The lowest BCUT2D eigenvalue weighted by atomic mass is 9.97. The molecule has 0 aromatic carbocycles. The summed E-state index contributed by atoms with van der Waals surface area (Å²) in [6.45, 7) is 7.51. The Hall–Kier alpha value is -1.18. The fraction of sp³-hybridized carbons (Fsp3) is 0.733. The van der Waals surface area contributed by atoms with Gasteiger partial charge in [-0.2, -0.15) is 0 Å². The number of nitrogens with zero attached hydrogens (tertiary/aromatic N) is 2. The van der Waals surface area contributed by atoms with Crippen molar-refractivity contribution in [2.75, 3.05) is 26.2 Å². The predicted molar refractivity (Wildman–Crippen MR) is 87.9 cm³/mol. The second-order valence-corrected chi connectivity index (χ2v) is 7.08. The average molecular weight is 326 g/mol. The van der Waals surface area contributed by atoms with Gasteiger partial charge in [-0.25, -0.2) is 9.78 Å². The highest BCUT2D eigenvalue weighted by molar-refractivity contribution is 7.09. The molecule has 124 valence electrons. The van der Waals surface area contributed by atoms with Crippen molar-refractivity contribution in [3.8, 4) is 0 Å². The molecule has 1 fully saturated rings. The Labute approximate surface area is 135 Å². The fourth-order valence-corrected chi connectivity index (χ4v) is 3.22. The number of amides is 2. The summed E-state index contributed by atoms with van der Waals surface area (Å²) in [7, 11) is 0. The molecule has 0 aliphatic carbocycles. The van der Waals surface area contributed by atoms with E-state index in [2.05, 4.69) is 25.9 Å². The second kappa shape index (κ2) is 8.45. The van der Waals surface area contributed by atoms with Crippen molar-refractivity contribution < 1.29 is 9.90 Å². The summed E-state index contributed by atoms with van der Waals surface area (Å²) in [6, 6.07) is -0.398. The normalized spacial score (nSPS) is 18.1. The van der Waals surface area contributed by atoms with Gasteiger partial charge in [0.2, 0.25) is 0 Å². The number of thiazole rings is 1. The molecule has 0 radical (unpaired) electrons. The predicted octanol–water partition coefficient (Wildman–Crippen LogP) is 1.34. The molecule has 1 aromatic heterocycles. The molecule has 1 saturated heterocycles. The molecule has 0 saturated carbocycles. The molecule has 1 atom stereocenters. The summed E-state index contributed by atoms with van der Waals surface area (Å²) < 4.78 is 0. The van der Waals surface area contributed by atoms with E-state index in [1.807, 2.05) is 6.92 Å². The van der Waals surface area contributed by atoms with E-state index in [4.69, 9.17) is 5.11 Å². The van der Waals surface area contributed by atoms with Crippen molar-refractivity contribution in [2.24, 2.45) is 5.92 Å². The Kier molecular flexibility index (Phi) is 6.60. The van der Waals surface area contributed by atoms with Gasteiger partial charge in [-0.1, -0.05) is 0 Å². The third-order valence-corrected chi connectivity index (χ3v) is 4.78. The number of aromatic nitrogens is 1. The van der Waals surface area contributed by atoms with Crippen molar-refractivity contribution in [1.29, 1.82) is 0 Å². The summed E-state index contributed by atoms with van der Waals surface area (Å²) >= 11 is 1.70. The van der Waals surface area contributed by atoms with E-state index in [-0.39, 0.29) is 18.7 Å². The minimum atomic E-state index is -0.205. The summed E-state index contributed by atoms with van der Waals surface area (Å²) in [5.74, 6) is 0.531. The van der Waals surface area contributed by atoms with Crippen LogP contribution in [0.5, 0.6) is 0 Å². The largest absolute Gasteiger partial charge is 0.394 e. The number of piperidine rings is 1. The van der Waals surface area contributed by atoms with E-state index >= 15 is 0 Å². The minimum absolute atomic E-state index is 0.0398. The second-order valence-electron chi connectivity index (χ2n) is 6.02. The van der Waals surface area contributed by atoms with Crippen LogP contribution in [0, 0.1) is 12.8 Å². The maximum atomic E-state index is 11.6. The average Bonchev–Trinajstić information content (AvgIpc) is 2.91. The lowest BCUT2D eigenvalue weighted by molar-refractivity contribution is 0.172. The summed E-state index contributed by atoms with van der Waals surface area (Å²) in [4.78, 5) is 18.6. The molecule has 1 aliphatic rings. The molecule has 2 amide bonds. The monoisotopic (exact) mass is 326 g/mol. The number of carbonyl (C=O) groups is 1. The van der Waals surface area contributed by atoms with Gasteiger partial charge in [0.1, 0.15) is 0 Å². The van der Waals surface area contributed by atoms with E-state index in [0.29, 0.717) is 12.5 Å². The number of hydrogen-bond acceptors (Lipinski definition) is 5. The van der Waals surface area contributed by atoms with Gasteiger partial charge in [-0.15, -0.1) is 11.3 Å². The Balaban J connectivity index is 1.63. The Morgan fingerprint density at radius 3 is 2.86 bits per heavy atom. The van der Waals surface area contributed by atoms with Gasteiger partial charge >= 0.3 is 6.03 Å². The van der Waals surface area contributed by atoms with Gasteiger partial charge in [0.05, 0.1) is 23.4 Å².